The largest absolute Gasteiger partial charge is 0.493 e. The van der Waals surface area contributed by atoms with Gasteiger partial charge in [0.05, 0.1) is 12.8 Å². The van der Waals surface area contributed by atoms with Crippen LogP contribution in [0.4, 0.5) is 0 Å². The molecule has 0 amide bonds. The van der Waals surface area contributed by atoms with E-state index in [0.717, 1.165) is 22.1 Å². The van der Waals surface area contributed by atoms with Gasteiger partial charge in [-0.1, -0.05) is 23.7 Å². The lowest BCUT2D eigenvalue weighted by Gasteiger charge is -2.07. The average molecular weight is 380 g/mol. The van der Waals surface area contributed by atoms with Gasteiger partial charge in [-0.15, -0.1) is 11.8 Å². The topological polar surface area (TPSA) is 45.7 Å². The summed E-state index contributed by atoms with van der Waals surface area (Å²) in [7, 11) is 1.74. The van der Waals surface area contributed by atoms with Gasteiger partial charge in [0.1, 0.15) is 5.75 Å². The molecule has 126 valence electrons. The highest BCUT2D eigenvalue weighted by Gasteiger charge is 1.98. The molecule has 0 fully saturated rings. The van der Waals surface area contributed by atoms with E-state index in [-0.39, 0.29) is 0 Å². The Bertz CT molecular complexity index is 692. The number of thiocarbonyl (C=S) groups is 1. The molecule has 2 aromatic rings. The standard InChI is InChI=1S/C17H18ClN3OS2/c1-19-17(23)21-20-12-13-3-2-4-15(11-13)22-9-10-24-16-7-5-14(18)6-8-16/h2-8,11-12H,9-10H2,1H3,(H2,19,21,23)/b20-12+. The van der Waals surface area contributed by atoms with E-state index in [0.29, 0.717) is 11.7 Å². The van der Waals surface area contributed by atoms with Gasteiger partial charge in [-0.3, -0.25) is 5.43 Å². The van der Waals surface area contributed by atoms with Crippen LogP contribution in [0.3, 0.4) is 0 Å². The molecule has 0 atom stereocenters. The maximum Gasteiger partial charge on any atom is 0.186 e. The monoisotopic (exact) mass is 379 g/mol. The Hall–Kier alpha value is -1.76. The van der Waals surface area contributed by atoms with Gasteiger partial charge in [0.15, 0.2) is 5.11 Å². The molecule has 4 nitrogen and oxygen atoms in total. The second-order valence-electron chi connectivity index (χ2n) is 4.67. The summed E-state index contributed by atoms with van der Waals surface area (Å²) in [5, 5.41) is 8.05. The first-order chi connectivity index (χ1) is 11.7. The third-order valence-corrected chi connectivity index (χ3v) is 4.42. The lowest BCUT2D eigenvalue weighted by atomic mass is 10.2. The number of hydrogen-bond donors (Lipinski definition) is 2. The lowest BCUT2D eigenvalue weighted by Crippen LogP contribution is -2.28. The van der Waals surface area contributed by atoms with Gasteiger partial charge in [0.25, 0.3) is 0 Å². The van der Waals surface area contributed by atoms with Crippen molar-refractivity contribution in [2.24, 2.45) is 5.10 Å². The number of nitrogens with one attached hydrogen (secondary N) is 2. The molecule has 0 unspecified atom stereocenters. The zero-order valence-corrected chi connectivity index (χ0v) is 15.5. The van der Waals surface area contributed by atoms with Gasteiger partial charge in [0, 0.05) is 22.7 Å². The summed E-state index contributed by atoms with van der Waals surface area (Å²) in [5.41, 5.74) is 3.65. The summed E-state index contributed by atoms with van der Waals surface area (Å²) in [6, 6.07) is 15.5. The highest BCUT2D eigenvalue weighted by atomic mass is 35.5. The molecule has 2 N–H and O–H groups in total. The van der Waals surface area contributed by atoms with Crippen molar-refractivity contribution in [3.8, 4) is 5.75 Å². The van der Waals surface area contributed by atoms with E-state index in [2.05, 4.69) is 15.8 Å². The molecule has 2 rings (SSSR count). The summed E-state index contributed by atoms with van der Waals surface area (Å²) >= 11 is 12.5. The van der Waals surface area contributed by atoms with Crippen molar-refractivity contribution in [1.82, 2.24) is 10.7 Å². The molecule has 2 aromatic carbocycles. The Morgan fingerprint density at radius 3 is 2.83 bits per heavy atom. The molecule has 0 radical (unpaired) electrons. The molecule has 7 heteroatoms. The van der Waals surface area contributed by atoms with Crippen molar-refractivity contribution in [2.75, 3.05) is 19.4 Å². The highest BCUT2D eigenvalue weighted by molar-refractivity contribution is 7.99. The third kappa shape index (κ3) is 6.78. The fourth-order valence-electron chi connectivity index (χ4n) is 1.76. The van der Waals surface area contributed by atoms with E-state index in [9.17, 15) is 0 Å². The zero-order valence-electron chi connectivity index (χ0n) is 13.2. The van der Waals surface area contributed by atoms with Crippen molar-refractivity contribution in [1.29, 1.82) is 0 Å². The van der Waals surface area contributed by atoms with E-state index < -0.39 is 0 Å². The number of halogens is 1. The van der Waals surface area contributed by atoms with Crippen LogP contribution in [0.25, 0.3) is 0 Å². The molecule has 0 aliphatic heterocycles. The molecule has 0 saturated carbocycles. The maximum absolute atomic E-state index is 5.87. The van der Waals surface area contributed by atoms with E-state index in [1.54, 1.807) is 25.0 Å². The number of hydrogen-bond acceptors (Lipinski definition) is 4. The first-order valence-electron chi connectivity index (χ1n) is 7.29. The summed E-state index contributed by atoms with van der Waals surface area (Å²) in [6.07, 6.45) is 1.69. The predicted octanol–water partition coefficient (Wildman–Crippen LogP) is 3.94. The van der Waals surface area contributed by atoms with Crippen LogP contribution in [0, 0.1) is 0 Å². The number of hydrazone groups is 1. The quantitative estimate of drug-likeness (QED) is 0.251. The van der Waals surface area contributed by atoms with E-state index >= 15 is 0 Å². The molecular formula is C17H18ClN3OS2. The van der Waals surface area contributed by atoms with Crippen molar-refractivity contribution in [2.45, 2.75) is 4.90 Å². The van der Waals surface area contributed by atoms with Gasteiger partial charge >= 0.3 is 0 Å². The molecule has 24 heavy (non-hydrogen) atoms. The summed E-state index contributed by atoms with van der Waals surface area (Å²) < 4.78 is 5.77. The molecule has 0 heterocycles. The Kier molecular flexibility index (Phi) is 7.88. The minimum Gasteiger partial charge on any atom is -0.493 e. The van der Waals surface area contributed by atoms with Crippen LogP contribution in [0.2, 0.25) is 5.02 Å². The molecule has 0 spiro atoms. The highest BCUT2D eigenvalue weighted by Crippen LogP contribution is 2.20. The van der Waals surface area contributed by atoms with Crippen molar-refractivity contribution >= 4 is 46.9 Å². The van der Waals surface area contributed by atoms with Crippen LogP contribution in [-0.4, -0.2) is 30.7 Å². The molecular weight excluding hydrogens is 362 g/mol. The second kappa shape index (κ2) is 10.2. The normalized spacial score (nSPS) is 10.6. The van der Waals surface area contributed by atoms with Crippen LogP contribution >= 0.6 is 35.6 Å². The SMILES string of the molecule is CNC(=S)N/N=C/c1cccc(OCCSc2ccc(Cl)cc2)c1. The molecule has 0 aliphatic rings. The minimum atomic E-state index is 0.470. The predicted molar refractivity (Wildman–Crippen MR) is 107 cm³/mol. The molecule has 0 aromatic heterocycles. The van der Waals surface area contributed by atoms with E-state index in [1.807, 2.05) is 48.5 Å². The van der Waals surface area contributed by atoms with Crippen molar-refractivity contribution in [3.05, 3.63) is 59.1 Å². The Balaban J connectivity index is 1.77. The third-order valence-electron chi connectivity index (χ3n) is 2.90. The van der Waals surface area contributed by atoms with Crippen LogP contribution in [0.1, 0.15) is 5.56 Å². The fraction of sp³-hybridized carbons (Fsp3) is 0.176. The van der Waals surface area contributed by atoms with Gasteiger partial charge in [-0.25, -0.2) is 0 Å². The number of ether oxygens (including phenoxy) is 1. The van der Waals surface area contributed by atoms with Crippen LogP contribution < -0.4 is 15.5 Å². The van der Waals surface area contributed by atoms with E-state index in [4.69, 9.17) is 28.6 Å². The van der Waals surface area contributed by atoms with Crippen molar-refractivity contribution < 1.29 is 4.74 Å². The van der Waals surface area contributed by atoms with Gasteiger partial charge < -0.3 is 10.1 Å². The number of benzene rings is 2. The van der Waals surface area contributed by atoms with Gasteiger partial charge in [0.2, 0.25) is 0 Å². The number of nitrogens with zero attached hydrogens (tertiary/aromatic N) is 1. The molecule has 0 bridgehead atoms. The van der Waals surface area contributed by atoms with Crippen LogP contribution in [0.5, 0.6) is 5.75 Å². The lowest BCUT2D eigenvalue weighted by molar-refractivity contribution is 0.344. The van der Waals surface area contributed by atoms with Crippen LogP contribution in [-0.2, 0) is 0 Å². The summed E-state index contributed by atoms with van der Waals surface area (Å²) in [5.74, 6) is 1.67. The molecule has 0 saturated heterocycles. The Morgan fingerprint density at radius 1 is 1.29 bits per heavy atom. The first kappa shape index (κ1) is 18.6. The summed E-state index contributed by atoms with van der Waals surface area (Å²) in [6.45, 7) is 0.621. The number of thioether (sulfide) groups is 1. The fourth-order valence-corrected chi connectivity index (χ4v) is 2.67. The smallest absolute Gasteiger partial charge is 0.186 e. The van der Waals surface area contributed by atoms with Gasteiger partial charge in [-0.2, -0.15) is 5.10 Å². The second-order valence-corrected chi connectivity index (χ2v) is 6.69. The molecule has 0 aliphatic carbocycles. The van der Waals surface area contributed by atoms with E-state index in [1.165, 1.54) is 4.90 Å². The summed E-state index contributed by atoms with van der Waals surface area (Å²) in [4.78, 5) is 1.18. The number of rotatable bonds is 7. The van der Waals surface area contributed by atoms with Crippen LogP contribution in [0.15, 0.2) is 58.5 Å². The minimum absolute atomic E-state index is 0.470. The van der Waals surface area contributed by atoms with Gasteiger partial charge in [-0.05, 0) is 54.2 Å². The average Bonchev–Trinajstić information content (AvgIpc) is 2.60. The van der Waals surface area contributed by atoms with Crippen molar-refractivity contribution in [3.63, 3.8) is 0 Å². The maximum atomic E-state index is 5.87. The Labute approximate surface area is 156 Å². The Morgan fingerprint density at radius 2 is 2.08 bits per heavy atom. The first-order valence-corrected chi connectivity index (χ1v) is 9.06. The zero-order chi connectivity index (χ0) is 17.2.